The molecule has 7 nitrogen and oxygen atoms in total. The van der Waals surface area contributed by atoms with Crippen LogP contribution in [0.1, 0.15) is 37.7 Å². The van der Waals surface area contributed by atoms with Crippen molar-refractivity contribution >= 4 is 11.8 Å². The molecule has 1 unspecified atom stereocenters. The number of nitrogens with one attached hydrogen (secondary N) is 1. The number of morpholine rings is 1. The van der Waals surface area contributed by atoms with Crippen LogP contribution >= 0.6 is 0 Å². The smallest absolute Gasteiger partial charge is 0.193 e. The lowest BCUT2D eigenvalue weighted by atomic mass is 10.1. The number of rotatable bonds is 5. The lowest BCUT2D eigenvalue weighted by Crippen LogP contribution is -2.42. The van der Waals surface area contributed by atoms with Gasteiger partial charge in [0.1, 0.15) is 5.82 Å². The van der Waals surface area contributed by atoms with Gasteiger partial charge in [-0.05, 0) is 42.9 Å². The average molecular weight is 415 g/mol. The Morgan fingerprint density at radius 2 is 1.93 bits per heavy atom. The highest BCUT2D eigenvalue weighted by Crippen LogP contribution is 2.20. The van der Waals surface area contributed by atoms with Gasteiger partial charge in [0, 0.05) is 65.6 Å². The van der Waals surface area contributed by atoms with Crippen LogP contribution in [0.4, 0.5) is 5.82 Å². The first kappa shape index (κ1) is 21.4. The molecular weight excluding hydrogens is 376 g/mol. The van der Waals surface area contributed by atoms with Crippen LogP contribution in [-0.2, 0) is 11.3 Å². The van der Waals surface area contributed by atoms with Gasteiger partial charge >= 0.3 is 0 Å². The monoisotopic (exact) mass is 414 g/mol. The van der Waals surface area contributed by atoms with Gasteiger partial charge in [0.15, 0.2) is 5.96 Å². The molecule has 0 aliphatic carbocycles. The average Bonchev–Trinajstić information content (AvgIpc) is 3.07. The van der Waals surface area contributed by atoms with Gasteiger partial charge in [-0.3, -0.25) is 9.89 Å². The van der Waals surface area contributed by atoms with Crippen LogP contribution in [0.15, 0.2) is 23.3 Å². The van der Waals surface area contributed by atoms with E-state index in [2.05, 4.69) is 42.1 Å². The van der Waals surface area contributed by atoms with Crippen molar-refractivity contribution < 1.29 is 4.74 Å². The predicted molar refractivity (Wildman–Crippen MR) is 122 cm³/mol. The van der Waals surface area contributed by atoms with Crippen molar-refractivity contribution in [3.63, 3.8) is 0 Å². The maximum absolute atomic E-state index is 5.48. The Hall–Kier alpha value is -1.86. The zero-order chi connectivity index (χ0) is 20.6. The molecule has 166 valence electrons. The molecule has 0 amide bonds. The maximum atomic E-state index is 5.48. The molecule has 1 N–H and O–H groups in total. The molecule has 4 heterocycles. The number of nitrogens with zero attached hydrogens (tertiary/aromatic N) is 5. The van der Waals surface area contributed by atoms with Crippen molar-refractivity contribution in [2.45, 2.75) is 38.6 Å². The predicted octanol–water partition coefficient (Wildman–Crippen LogP) is 2.19. The van der Waals surface area contributed by atoms with E-state index in [1.807, 2.05) is 13.2 Å². The zero-order valence-electron chi connectivity index (χ0n) is 18.6. The Bertz CT molecular complexity index is 682. The fraction of sp³-hybridized carbons (Fsp3) is 0.739. The van der Waals surface area contributed by atoms with E-state index in [1.165, 1.54) is 44.2 Å². The number of hydrogen-bond donors (Lipinski definition) is 1. The highest BCUT2D eigenvalue weighted by molar-refractivity contribution is 5.80. The van der Waals surface area contributed by atoms with Crippen LogP contribution in [0.25, 0.3) is 0 Å². The molecule has 1 aromatic heterocycles. The van der Waals surface area contributed by atoms with Crippen LogP contribution in [0.2, 0.25) is 0 Å². The van der Waals surface area contributed by atoms with E-state index >= 15 is 0 Å². The summed E-state index contributed by atoms with van der Waals surface area (Å²) in [5.74, 6) is 2.86. The molecule has 1 atom stereocenters. The number of anilines is 1. The van der Waals surface area contributed by atoms with Crippen molar-refractivity contribution in [2.75, 3.05) is 71.0 Å². The number of pyridine rings is 1. The van der Waals surface area contributed by atoms with Gasteiger partial charge in [-0.1, -0.05) is 12.8 Å². The first-order valence-electron chi connectivity index (χ1n) is 11.8. The second kappa shape index (κ2) is 11.0. The van der Waals surface area contributed by atoms with Gasteiger partial charge < -0.3 is 19.9 Å². The second-order valence-electron chi connectivity index (χ2n) is 8.84. The van der Waals surface area contributed by atoms with Crippen LogP contribution in [0, 0.1) is 5.92 Å². The van der Waals surface area contributed by atoms with E-state index in [0.29, 0.717) is 0 Å². The van der Waals surface area contributed by atoms with Crippen molar-refractivity contribution in [1.82, 2.24) is 20.1 Å². The van der Waals surface area contributed by atoms with E-state index in [9.17, 15) is 0 Å². The van der Waals surface area contributed by atoms with Crippen LogP contribution < -0.4 is 10.2 Å². The summed E-state index contributed by atoms with van der Waals surface area (Å²) >= 11 is 0. The van der Waals surface area contributed by atoms with Crippen molar-refractivity contribution in [2.24, 2.45) is 10.9 Å². The summed E-state index contributed by atoms with van der Waals surface area (Å²) in [4.78, 5) is 16.6. The molecule has 3 saturated heterocycles. The number of likely N-dealkylation sites (tertiary alicyclic amines) is 1. The minimum absolute atomic E-state index is 0.720. The fourth-order valence-corrected chi connectivity index (χ4v) is 4.88. The molecule has 30 heavy (non-hydrogen) atoms. The Morgan fingerprint density at radius 3 is 2.70 bits per heavy atom. The van der Waals surface area contributed by atoms with Crippen molar-refractivity contribution in [3.8, 4) is 0 Å². The number of hydrogen-bond acceptors (Lipinski definition) is 5. The molecule has 7 heteroatoms. The summed E-state index contributed by atoms with van der Waals surface area (Å²) in [6.45, 7) is 10.3. The zero-order valence-corrected chi connectivity index (χ0v) is 18.6. The molecule has 3 aliphatic heterocycles. The lowest BCUT2D eigenvalue weighted by molar-refractivity contribution is 0.0315. The highest BCUT2D eigenvalue weighted by Gasteiger charge is 2.27. The minimum atomic E-state index is 0.720. The maximum Gasteiger partial charge on any atom is 0.193 e. The van der Waals surface area contributed by atoms with Gasteiger partial charge in [0.25, 0.3) is 0 Å². The van der Waals surface area contributed by atoms with E-state index in [1.54, 1.807) is 0 Å². The molecule has 4 rings (SSSR count). The fourth-order valence-electron chi connectivity index (χ4n) is 4.88. The lowest BCUT2D eigenvalue weighted by Gasteiger charge is -2.29. The number of aliphatic imine (C=N–C) groups is 1. The summed E-state index contributed by atoms with van der Waals surface area (Å²) in [6.07, 6.45) is 8.43. The normalized spacial score (nSPS) is 24.2. The Labute approximate surface area is 181 Å². The van der Waals surface area contributed by atoms with E-state index in [0.717, 1.165) is 76.7 Å². The van der Waals surface area contributed by atoms with E-state index in [4.69, 9.17) is 4.74 Å². The quantitative estimate of drug-likeness (QED) is 0.589. The number of aromatic nitrogens is 1. The third kappa shape index (κ3) is 5.85. The van der Waals surface area contributed by atoms with E-state index < -0.39 is 0 Å². The molecule has 0 aromatic carbocycles. The topological polar surface area (TPSA) is 56.2 Å². The molecule has 0 bridgehead atoms. The molecule has 1 aromatic rings. The number of ether oxygens (including phenoxy) is 1. The SMILES string of the molecule is CN=C(NCc1ccnc(N2CCCCCC2)c1)N1CCC(CN2CCOCC2)C1. The number of guanidine groups is 1. The summed E-state index contributed by atoms with van der Waals surface area (Å²) in [5.41, 5.74) is 1.27. The first-order chi connectivity index (χ1) is 14.8. The standard InChI is InChI=1S/C23H38N6O/c1-24-23(29-11-7-21(19-29)18-27-12-14-30-15-13-27)26-17-20-6-8-25-22(16-20)28-9-4-2-3-5-10-28/h6,8,16,21H,2-5,7,9-15,17-19H2,1H3,(H,24,26). The molecule has 3 aliphatic rings. The van der Waals surface area contributed by atoms with E-state index in [-0.39, 0.29) is 0 Å². The van der Waals surface area contributed by atoms with Gasteiger partial charge in [-0.15, -0.1) is 0 Å². The summed E-state index contributed by atoms with van der Waals surface area (Å²) in [6, 6.07) is 4.36. The van der Waals surface area contributed by atoms with Crippen LogP contribution in [0.3, 0.4) is 0 Å². The van der Waals surface area contributed by atoms with Crippen LogP contribution in [-0.4, -0.2) is 86.8 Å². The summed E-state index contributed by atoms with van der Waals surface area (Å²) in [7, 11) is 1.90. The van der Waals surface area contributed by atoms with Crippen molar-refractivity contribution in [3.05, 3.63) is 23.9 Å². The molecular formula is C23H38N6O. The molecule has 3 fully saturated rings. The van der Waals surface area contributed by atoms with Gasteiger partial charge in [-0.2, -0.15) is 0 Å². The molecule has 0 radical (unpaired) electrons. The van der Waals surface area contributed by atoms with Crippen molar-refractivity contribution in [1.29, 1.82) is 0 Å². The third-order valence-corrected chi connectivity index (χ3v) is 6.61. The molecule has 0 saturated carbocycles. The Kier molecular flexibility index (Phi) is 7.81. The third-order valence-electron chi connectivity index (χ3n) is 6.61. The Balaban J connectivity index is 1.28. The Morgan fingerprint density at radius 1 is 1.13 bits per heavy atom. The van der Waals surface area contributed by atoms with Gasteiger partial charge in [0.2, 0.25) is 0 Å². The largest absolute Gasteiger partial charge is 0.379 e. The van der Waals surface area contributed by atoms with Gasteiger partial charge in [-0.25, -0.2) is 4.98 Å². The van der Waals surface area contributed by atoms with Gasteiger partial charge in [0.05, 0.1) is 13.2 Å². The minimum Gasteiger partial charge on any atom is -0.379 e. The summed E-state index contributed by atoms with van der Waals surface area (Å²) < 4.78 is 5.48. The highest BCUT2D eigenvalue weighted by atomic mass is 16.5. The van der Waals surface area contributed by atoms with Crippen LogP contribution in [0.5, 0.6) is 0 Å². The first-order valence-corrected chi connectivity index (χ1v) is 11.8. The summed E-state index contributed by atoms with van der Waals surface area (Å²) in [5, 5.41) is 3.59. The second-order valence-corrected chi connectivity index (χ2v) is 8.84. The molecule has 0 spiro atoms.